The summed E-state index contributed by atoms with van der Waals surface area (Å²) in [7, 11) is -4.38. The van der Waals surface area contributed by atoms with Crippen molar-refractivity contribution in [3.05, 3.63) is 29.3 Å². The van der Waals surface area contributed by atoms with Crippen LogP contribution in [0.1, 0.15) is 11.1 Å². The molecule has 14 heavy (non-hydrogen) atoms. The van der Waals surface area contributed by atoms with Crippen molar-refractivity contribution in [1.29, 1.82) is 0 Å². The highest BCUT2D eigenvalue weighted by Gasteiger charge is 2.15. The molecule has 1 aromatic carbocycles. The summed E-state index contributed by atoms with van der Waals surface area (Å²) in [4.78, 5) is -0.445. The Labute approximate surface area is 81.3 Å². The monoisotopic (exact) mass is 214 g/mol. The van der Waals surface area contributed by atoms with Gasteiger partial charge < -0.3 is 0 Å². The maximum Gasteiger partial charge on any atom is 0.294 e. The van der Waals surface area contributed by atoms with Crippen LogP contribution in [-0.4, -0.2) is 13.0 Å². The first-order valence-electron chi connectivity index (χ1n) is 3.62. The first-order chi connectivity index (χ1) is 6.49. The molecule has 0 heterocycles. The molecule has 0 unspecified atom stereocenters. The lowest BCUT2D eigenvalue weighted by Gasteiger charge is -2.03. The SMILES string of the molecule is C#Cc1ccc(S(=O)(=O)O)c(CF)c1. The number of terminal acetylenes is 1. The molecule has 5 heteroatoms. The van der Waals surface area contributed by atoms with Crippen molar-refractivity contribution in [3.8, 4) is 12.3 Å². The van der Waals surface area contributed by atoms with Crippen LogP contribution in [0.25, 0.3) is 0 Å². The summed E-state index contributed by atoms with van der Waals surface area (Å²) >= 11 is 0. The zero-order chi connectivity index (χ0) is 10.8. The van der Waals surface area contributed by atoms with E-state index in [1.165, 1.54) is 12.1 Å². The van der Waals surface area contributed by atoms with E-state index in [9.17, 15) is 12.8 Å². The molecule has 3 nitrogen and oxygen atoms in total. The van der Waals surface area contributed by atoms with E-state index in [0.717, 1.165) is 6.07 Å². The highest BCUT2D eigenvalue weighted by Crippen LogP contribution is 2.18. The minimum atomic E-state index is -4.38. The third kappa shape index (κ3) is 2.10. The molecule has 0 amide bonds. The molecule has 1 aromatic rings. The van der Waals surface area contributed by atoms with Crippen LogP contribution in [-0.2, 0) is 16.8 Å². The van der Waals surface area contributed by atoms with Crippen molar-refractivity contribution in [2.45, 2.75) is 11.6 Å². The maximum atomic E-state index is 12.4. The van der Waals surface area contributed by atoms with Crippen LogP contribution in [0.5, 0.6) is 0 Å². The first kappa shape index (κ1) is 10.7. The second-order valence-electron chi connectivity index (χ2n) is 2.58. The zero-order valence-electron chi connectivity index (χ0n) is 7.07. The molecule has 0 atom stereocenters. The molecule has 0 bridgehead atoms. The summed E-state index contributed by atoms with van der Waals surface area (Å²) < 4.78 is 42.6. The topological polar surface area (TPSA) is 54.4 Å². The normalized spacial score (nSPS) is 10.9. The van der Waals surface area contributed by atoms with E-state index >= 15 is 0 Å². The van der Waals surface area contributed by atoms with Gasteiger partial charge >= 0.3 is 0 Å². The number of halogens is 1. The molecular weight excluding hydrogens is 207 g/mol. The molecule has 0 radical (unpaired) electrons. The van der Waals surface area contributed by atoms with Gasteiger partial charge in [-0.1, -0.05) is 5.92 Å². The average Bonchev–Trinajstić information content (AvgIpc) is 2.15. The van der Waals surface area contributed by atoms with Gasteiger partial charge in [0.15, 0.2) is 0 Å². The van der Waals surface area contributed by atoms with Gasteiger partial charge in [-0.25, -0.2) is 4.39 Å². The van der Waals surface area contributed by atoms with E-state index in [1.807, 2.05) is 0 Å². The molecule has 0 spiro atoms. The summed E-state index contributed by atoms with van der Waals surface area (Å²) in [6.07, 6.45) is 5.05. The predicted molar refractivity (Wildman–Crippen MR) is 49.0 cm³/mol. The van der Waals surface area contributed by atoms with Gasteiger partial charge in [-0.2, -0.15) is 8.42 Å². The molecule has 0 aliphatic heterocycles. The second kappa shape index (κ2) is 3.78. The summed E-state index contributed by atoms with van der Waals surface area (Å²) in [5.41, 5.74) is 0.230. The number of hydrogen-bond donors (Lipinski definition) is 1. The van der Waals surface area contributed by atoms with Crippen LogP contribution in [0.3, 0.4) is 0 Å². The molecule has 0 aliphatic rings. The fraction of sp³-hybridized carbons (Fsp3) is 0.111. The van der Waals surface area contributed by atoms with E-state index in [-0.39, 0.29) is 5.56 Å². The third-order valence-electron chi connectivity index (χ3n) is 1.65. The van der Waals surface area contributed by atoms with Gasteiger partial charge in [0, 0.05) is 11.1 Å². The third-order valence-corrected chi connectivity index (χ3v) is 2.60. The highest BCUT2D eigenvalue weighted by atomic mass is 32.2. The molecule has 1 rings (SSSR count). The lowest BCUT2D eigenvalue weighted by Crippen LogP contribution is -2.02. The number of alkyl halides is 1. The lowest BCUT2D eigenvalue weighted by atomic mass is 10.1. The first-order valence-corrected chi connectivity index (χ1v) is 5.06. The Hall–Kier alpha value is -1.38. The maximum absolute atomic E-state index is 12.4. The number of hydrogen-bond acceptors (Lipinski definition) is 2. The fourth-order valence-corrected chi connectivity index (χ4v) is 1.71. The predicted octanol–water partition coefficient (Wildman–Crippen LogP) is 1.38. The van der Waals surface area contributed by atoms with Crippen molar-refractivity contribution in [3.63, 3.8) is 0 Å². The summed E-state index contributed by atoms with van der Waals surface area (Å²) in [6, 6.07) is 3.62. The van der Waals surface area contributed by atoms with Gasteiger partial charge in [0.1, 0.15) is 6.67 Å². The molecule has 0 aliphatic carbocycles. The van der Waals surface area contributed by atoms with Crippen molar-refractivity contribution in [1.82, 2.24) is 0 Å². The summed E-state index contributed by atoms with van der Waals surface area (Å²) in [6.45, 7) is -0.995. The van der Waals surface area contributed by atoms with Gasteiger partial charge in [0.2, 0.25) is 0 Å². The standard InChI is InChI=1S/C9H7FO3S/c1-2-7-3-4-9(14(11,12)13)8(5-7)6-10/h1,3-5H,6H2,(H,11,12,13). The Morgan fingerprint density at radius 3 is 2.57 bits per heavy atom. The Bertz CT molecular complexity index is 485. The van der Waals surface area contributed by atoms with Crippen LogP contribution in [0.15, 0.2) is 23.1 Å². The van der Waals surface area contributed by atoms with E-state index < -0.39 is 21.7 Å². The van der Waals surface area contributed by atoms with E-state index in [0.29, 0.717) is 5.56 Å². The van der Waals surface area contributed by atoms with Crippen LogP contribution in [0.2, 0.25) is 0 Å². The Balaban J connectivity index is 3.42. The van der Waals surface area contributed by atoms with E-state index in [4.69, 9.17) is 11.0 Å². The van der Waals surface area contributed by atoms with E-state index in [1.54, 1.807) is 0 Å². The van der Waals surface area contributed by atoms with Gasteiger partial charge in [-0.05, 0) is 18.2 Å². The molecule has 1 N–H and O–H groups in total. The zero-order valence-corrected chi connectivity index (χ0v) is 7.88. The second-order valence-corrected chi connectivity index (χ2v) is 3.97. The van der Waals surface area contributed by atoms with Crippen LogP contribution >= 0.6 is 0 Å². The fourth-order valence-electron chi connectivity index (χ4n) is 1.03. The molecule has 0 saturated heterocycles. The number of benzene rings is 1. The molecule has 0 saturated carbocycles. The Morgan fingerprint density at radius 1 is 1.50 bits per heavy atom. The highest BCUT2D eigenvalue weighted by molar-refractivity contribution is 7.85. The van der Waals surface area contributed by atoms with Crippen molar-refractivity contribution in [2.75, 3.05) is 0 Å². The van der Waals surface area contributed by atoms with Crippen LogP contribution < -0.4 is 0 Å². The smallest absolute Gasteiger partial charge is 0.282 e. The van der Waals surface area contributed by atoms with Crippen molar-refractivity contribution in [2.24, 2.45) is 0 Å². The average molecular weight is 214 g/mol. The Kier molecular flexibility index (Phi) is 2.89. The molecule has 74 valence electrons. The van der Waals surface area contributed by atoms with Crippen LogP contribution in [0, 0.1) is 12.3 Å². The minimum Gasteiger partial charge on any atom is -0.282 e. The molecule has 0 aromatic heterocycles. The molecular formula is C9H7FO3S. The van der Waals surface area contributed by atoms with Gasteiger partial charge in [-0.15, -0.1) is 6.42 Å². The quantitative estimate of drug-likeness (QED) is 0.597. The number of rotatable bonds is 2. The van der Waals surface area contributed by atoms with Crippen LogP contribution in [0.4, 0.5) is 4.39 Å². The summed E-state index contributed by atoms with van der Waals surface area (Å²) in [5, 5.41) is 0. The Morgan fingerprint density at radius 2 is 2.14 bits per heavy atom. The lowest BCUT2D eigenvalue weighted by molar-refractivity contribution is 0.462. The van der Waals surface area contributed by atoms with Gasteiger partial charge in [0.25, 0.3) is 10.1 Å². The summed E-state index contributed by atoms with van der Waals surface area (Å²) in [5.74, 6) is 2.24. The minimum absolute atomic E-state index is 0.136. The van der Waals surface area contributed by atoms with Gasteiger partial charge in [0.05, 0.1) is 4.90 Å². The largest absolute Gasteiger partial charge is 0.294 e. The van der Waals surface area contributed by atoms with E-state index in [2.05, 4.69) is 5.92 Å². The van der Waals surface area contributed by atoms with Crippen molar-refractivity contribution < 1.29 is 17.4 Å². The molecule has 0 fully saturated rings. The van der Waals surface area contributed by atoms with Crippen molar-refractivity contribution >= 4 is 10.1 Å². The van der Waals surface area contributed by atoms with Gasteiger partial charge in [-0.3, -0.25) is 4.55 Å².